The van der Waals surface area contributed by atoms with Crippen LogP contribution in [0.25, 0.3) is 32.8 Å². The molecule has 4 rings (SSSR count). The Hall–Kier alpha value is -2.29. The van der Waals surface area contributed by atoms with Crippen LogP contribution < -0.4 is 5.46 Å². The van der Waals surface area contributed by atoms with Gasteiger partial charge in [0.1, 0.15) is 24.5 Å². The third-order valence-electron chi connectivity index (χ3n) is 3.27. The second-order valence-corrected chi connectivity index (χ2v) is 4.34. The summed E-state index contributed by atoms with van der Waals surface area (Å²) in [7, 11) is 5.93. The molecule has 2 nitrogen and oxygen atoms in total. The van der Waals surface area contributed by atoms with Crippen molar-refractivity contribution in [1.82, 2.24) is 4.98 Å². The van der Waals surface area contributed by atoms with Gasteiger partial charge in [0, 0.05) is 6.20 Å². The summed E-state index contributed by atoms with van der Waals surface area (Å²) in [4.78, 5) is 4.41. The van der Waals surface area contributed by atoms with E-state index < -0.39 is 0 Å². The highest BCUT2D eigenvalue weighted by Gasteiger charge is 2.12. The lowest BCUT2D eigenvalue weighted by atomic mass is 9.96. The van der Waals surface area contributed by atoms with Crippen molar-refractivity contribution in [2.24, 2.45) is 0 Å². The minimum Gasteiger partial charge on any atom is -0.455 e. The summed E-state index contributed by atoms with van der Waals surface area (Å²) in [6, 6.07) is 14.0. The number of rotatable bonds is 0. The van der Waals surface area contributed by atoms with E-state index in [-0.39, 0.29) is 0 Å². The summed E-state index contributed by atoms with van der Waals surface area (Å²) in [5, 5.41) is 3.36. The van der Waals surface area contributed by atoms with Gasteiger partial charge in [-0.2, -0.15) is 0 Å². The monoisotopic (exact) mass is 229 g/mol. The number of aromatic nitrogens is 1. The van der Waals surface area contributed by atoms with E-state index in [1.807, 2.05) is 18.2 Å². The zero-order chi connectivity index (χ0) is 12.1. The Labute approximate surface area is 105 Å². The van der Waals surface area contributed by atoms with Crippen LogP contribution in [0.3, 0.4) is 0 Å². The molecule has 0 aliphatic carbocycles. The van der Waals surface area contributed by atoms with Crippen molar-refractivity contribution in [2.45, 2.75) is 0 Å². The fourth-order valence-electron chi connectivity index (χ4n) is 2.44. The van der Waals surface area contributed by atoms with Crippen molar-refractivity contribution in [3.05, 3.63) is 48.7 Å². The van der Waals surface area contributed by atoms with Crippen LogP contribution in [0.15, 0.2) is 53.1 Å². The molecule has 0 spiro atoms. The predicted octanol–water partition coefficient (Wildman–Crippen LogP) is 2.93. The number of hydrogen-bond donors (Lipinski definition) is 0. The fraction of sp³-hybridized carbons (Fsp3) is 0. The van der Waals surface area contributed by atoms with Crippen LogP contribution in [-0.4, -0.2) is 12.8 Å². The van der Waals surface area contributed by atoms with Gasteiger partial charge in [-0.15, -0.1) is 0 Å². The van der Waals surface area contributed by atoms with Gasteiger partial charge in [0.05, 0.1) is 5.39 Å². The highest BCUT2D eigenvalue weighted by molar-refractivity contribution is 6.39. The van der Waals surface area contributed by atoms with Gasteiger partial charge in [0.2, 0.25) is 0 Å². The Balaban J connectivity index is 2.37. The van der Waals surface area contributed by atoms with E-state index in [4.69, 9.17) is 12.3 Å². The van der Waals surface area contributed by atoms with Crippen molar-refractivity contribution >= 4 is 46.2 Å². The summed E-state index contributed by atoms with van der Waals surface area (Å²) >= 11 is 0. The summed E-state index contributed by atoms with van der Waals surface area (Å²) in [6.45, 7) is 0. The molecule has 18 heavy (non-hydrogen) atoms. The molecule has 3 heteroatoms. The standard InChI is InChI=1S/C15H8BNO/c16-11-7-8-17-14-13-10-4-2-1-3-9(10)5-6-12(13)18-15(11)14/h1-8H. The summed E-state index contributed by atoms with van der Waals surface area (Å²) in [5.74, 6) is 0. The molecule has 4 aromatic rings. The van der Waals surface area contributed by atoms with Crippen LogP contribution in [0.1, 0.15) is 0 Å². The minimum atomic E-state index is 0.625. The molecule has 0 unspecified atom stereocenters. The Kier molecular flexibility index (Phi) is 1.81. The van der Waals surface area contributed by atoms with Gasteiger partial charge < -0.3 is 4.42 Å². The van der Waals surface area contributed by atoms with Crippen molar-refractivity contribution in [3.63, 3.8) is 0 Å². The van der Waals surface area contributed by atoms with Gasteiger partial charge in [0.15, 0.2) is 0 Å². The first-order valence-electron chi connectivity index (χ1n) is 5.79. The van der Waals surface area contributed by atoms with Crippen molar-refractivity contribution in [2.75, 3.05) is 0 Å². The van der Waals surface area contributed by atoms with Gasteiger partial charge in [-0.1, -0.05) is 35.8 Å². The molecule has 0 fully saturated rings. The molecule has 0 aliphatic heterocycles. The SMILES string of the molecule is [B]c1ccnc2c1oc1ccc3ccccc3c12. The molecule has 2 heterocycles. The predicted molar refractivity (Wildman–Crippen MR) is 74.4 cm³/mol. The molecule has 0 atom stereocenters. The molecule has 0 saturated heterocycles. The molecule has 0 aliphatic rings. The third kappa shape index (κ3) is 1.16. The average molecular weight is 229 g/mol. The van der Waals surface area contributed by atoms with Gasteiger partial charge >= 0.3 is 0 Å². The molecule has 0 bridgehead atoms. The number of benzene rings is 2. The maximum absolute atomic E-state index is 5.93. The van der Waals surface area contributed by atoms with Gasteiger partial charge in [0.25, 0.3) is 0 Å². The van der Waals surface area contributed by atoms with Crippen LogP contribution in [0.5, 0.6) is 0 Å². The second kappa shape index (κ2) is 3.36. The van der Waals surface area contributed by atoms with E-state index in [0.717, 1.165) is 21.9 Å². The summed E-state index contributed by atoms with van der Waals surface area (Å²) in [6.07, 6.45) is 1.72. The van der Waals surface area contributed by atoms with E-state index in [0.29, 0.717) is 11.0 Å². The van der Waals surface area contributed by atoms with Crippen molar-refractivity contribution in [3.8, 4) is 0 Å². The van der Waals surface area contributed by atoms with E-state index in [9.17, 15) is 0 Å². The molecule has 0 saturated carbocycles. The largest absolute Gasteiger partial charge is 0.455 e. The van der Waals surface area contributed by atoms with Crippen molar-refractivity contribution < 1.29 is 4.42 Å². The third-order valence-corrected chi connectivity index (χ3v) is 3.27. The number of nitrogens with zero attached hydrogens (tertiary/aromatic N) is 1. The first-order chi connectivity index (χ1) is 8.84. The Morgan fingerprint density at radius 2 is 1.89 bits per heavy atom. The zero-order valence-electron chi connectivity index (χ0n) is 9.55. The maximum Gasteiger partial charge on any atom is 0.146 e. The highest BCUT2D eigenvalue weighted by atomic mass is 16.3. The topological polar surface area (TPSA) is 26.0 Å². The smallest absolute Gasteiger partial charge is 0.146 e. The molecule has 2 radical (unpaired) electrons. The Morgan fingerprint density at radius 1 is 1.00 bits per heavy atom. The van der Waals surface area contributed by atoms with Gasteiger partial charge in [-0.05, 0) is 22.9 Å². The van der Waals surface area contributed by atoms with E-state index >= 15 is 0 Å². The molecule has 0 N–H and O–H groups in total. The number of furan rings is 1. The molecule has 2 aromatic carbocycles. The lowest BCUT2D eigenvalue weighted by Crippen LogP contribution is -2.01. The van der Waals surface area contributed by atoms with E-state index in [1.54, 1.807) is 12.3 Å². The van der Waals surface area contributed by atoms with Crippen LogP contribution in [-0.2, 0) is 0 Å². The quantitative estimate of drug-likeness (QED) is 0.433. The first kappa shape index (κ1) is 9.72. The molecule has 2 aromatic heterocycles. The molecule has 0 amide bonds. The van der Waals surface area contributed by atoms with E-state index in [2.05, 4.69) is 23.2 Å². The van der Waals surface area contributed by atoms with E-state index in [1.165, 1.54) is 5.39 Å². The van der Waals surface area contributed by atoms with Gasteiger partial charge in [-0.3, -0.25) is 4.98 Å². The normalized spacial score (nSPS) is 11.6. The summed E-state index contributed by atoms with van der Waals surface area (Å²) in [5.41, 5.74) is 2.96. The zero-order valence-corrected chi connectivity index (χ0v) is 9.55. The van der Waals surface area contributed by atoms with Crippen LogP contribution in [0, 0.1) is 0 Å². The first-order valence-corrected chi connectivity index (χ1v) is 5.79. The van der Waals surface area contributed by atoms with Crippen LogP contribution in [0.4, 0.5) is 0 Å². The number of fused-ring (bicyclic) bond motifs is 5. The van der Waals surface area contributed by atoms with Crippen LogP contribution in [0.2, 0.25) is 0 Å². The van der Waals surface area contributed by atoms with Crippen molar-refractivity contribution in [1.29, 1.82) is 0 Å². The molecular formula is C15H8BNO. The minimum absolute atomic E-state index is 0.625. The number of hydrogen-bond acceptors (Lipinski definition) is 2. The lowest BCUT2D eigenvalue weighted by molar-refractivity contribution is 0.671. The van der Waals surface area contributed by atoms with Gasteiger partial charge in [-0.25, -0.2) is 0 Å². The number of pyridine rings is 1. The fourth-order valence-corrected chi connectivity index (χ4v) is 2.44. The Bertz CT molecular complexity index is 895. The Morgan fingerprint density at radius 3 is 2.83 bits per heavy atom. The second-order valence-electron chi connectivity index (χ2n) is 4.34. The summed E-state index contributed by atoms with van der Waals surface area (Å²) < 4.78 is 5.80. The molecule has 82 valence electrons. The average Bonchev–Trinajstić information content (AvgIpc) is 2.79. The lowest BCUT2D eigenvalue weighted by Gasteiger charge is -1.98. The van der Waals surface area contributed by atoms with Crippen LogP contribution >= 0.6 is 0 Å². The molecular weight excluding hydrogens is 221 g/mol. The maximum atomic E-state index is 5.93. The highest BCUT2D eigenvalue weighted by Crippen LogP contribution is 2.32.